The Labute approximate surface area is 143 Å². The normalized spacial score (nSPS) is 11.4. The average Bonchev–Trinajstić information content (AvgIpc) is 2.49. The van der Waals surface area contributed by atoms with Gasteiger partial charge in [-0.25, -0.2) is 8.42 Å². The van der Waals surface area contributed by atoms with E-state index in [2.05, 4.69) is 10.0 Å². The lowest BCUT2D eigenvalue weighted by Crippen LogP contribution is -2.30. The van der Waals surface area contributed by atoms with Gasteiger partial charge in [0, 0.05) is 11.6 Å². The molecule has 0 fully saturated rings. The summed E-state index contributed by atoms with van der Waals surface area (Å²) in [4.78, 5) is 12.3. The first kappa shape index (κ1) is 18.0. The second kappa shape index (κ2) is 7.05. The maximum atomic E-state index is 12.5. The molecule has 0 saturated carbocycles. The van der Waals surface area contributed by atoms with Crippen LogP contribution in [-0.2, 0) is 10.0 Å². The molecular formula is C18H22N2O3S. The van der Waals surface area contributed by atoms with E-state index < -0.39 is 10.0 Å². The van der Waals surface area contributed by atoms with Crippen LogP contribution in [0, 0.1) is 13.8 Å². The van der Waals surface area contributed by atoms with E-state index in [1.54, 1.807) is 49.4 Å². The smallest absolute Gasteiger partial charge is 0.261 e. The molecule has 6 heteroatoms. The Balaban J connectivity index is 2.31. The summed E-state index contributed by atoms with van der Waals surface area (Å²) < 4.78 is 27.6. The van der Waals surface area contributed by atoms with E-state index in [-0.39, 0.29) is 16.8 Å². The number of aryl methyl sites for hydroxylation is 2. The lowest BCUT2D eigenvalue weighted by molar-refractivity contribution is 0.0943. The molecule has 2 rings (SSSR count). The Morgan fingerprint density at radius 1 is 1.00 bits per heavy atom. The highest BCUT2D eigenvalue weighted by molar-refractivity contribution is 7.92. The van der Waals surface area contributed by atoms with Crippen molar-refractivity contribution in [2.24, 2.45) is 0 Å². The third-order valence-corrected chi connectivity index (χ3v) is 4.88. The van der Waals surface area contributed by atoms with Gasteiger partial charge in [-0.3, -0.25) is 9.52 Å². The van der Waals surface area contributed by atoms with E-state index in [0.717, 1.165) is 11.1 Å². The van der Waals surface area contributed by atoms with Crippen LogP contribution in [0.4, 0.5) is 5.69 Å². The largest absolute Gasteiger partial charge is 0.350 e. The van der Waals surface area contributed by atoms with E-state index in [0.29, 0.717) is 11.3 Å². The summed E-state index contributed by atoms with van der Waals surface area (Å²) in [6.07, 6.45) is 0. The molecule has 0 heterocycles. The average molecular weight is 346 g/mol. The highest BCUT2D eigenvalue weighted by Gasteiger charge is 2.16. The van der Waals surface area contributed by atoms with E-state index in [9.17, 15) is 13.2 Å². The van der Waals surface area contributed by atoms with Crippen molar-refractivity contribution < 1.29 is 13.2 Å². The van der Waals surface area contributed by atoms with Crippen molar-refractivity contribution >= 4 is 21.6 Å². The fraction of sp³-hybridized carbons (Fsp3) is 0.278. The number of carbonyl (C=O) groups excluding carboxylic acids is 1. The fourth-order valence-electron chi connectivity index (χ4n) is 2.14. The molecule has 24 heavy (non-hydrogen) atoms. The molecular weight excluding hydrogens is 324 g/mol. The van der Waals surface area contributed by atoms with Gasteiger partial charge in [0.2, 0.25) is 0 Å². The second-order valence-corrected chi connectivity index (χ2v) is 7.76. The predicted octanol–water partition coefficient (Wildman–Crippen LogP) is 3.24. The molecule has 128 valence electrons. The monoisotopic (exact) mass is 346 g/mol. The minimum absolute atomic E-state index is 0.00602. The number of sulfonamides is 1. The van der Waals surface area contributed by atoms with Crippen LogP contribution in [0.2, 0.25) is 0 Å². The number of hydrogen-bond acceptors (Lipinski definition) is 3. The van der Waals surface area contributed by atoms with Crippen LogP contribution < -0.4 is 10.0 Å². The number of anilines is 1. The van der Waals surface area contributed by atoms with Crippen molar-refractivity contribution in [3.05, 3.63) is 59.2 Å². The topological polar surface area (TPSA) is 75.3 Å². The first-order valence-corrected chi connectivity index (χ1v) is 9.18. The third kappa shape index (κ3) is 4.35. The van der Waals surface area contributed by atoms with Crippen molar-refractivity contribution in [3.8, 4) is 0 Å². The van der Waals surface area contributed by atoms with Crippen LogP contribution in [0.3, 0.4) is 0 Å². The summed E-state index contributed by atoms with van der Waals surface area (Å²) in [5.41, 5.74) is 2.53. The fourth-order valence-corrected chi connectivity index (χ4v) is 3.26. The molecule has 0 aliphatic carbocycles. The SMILES string of the molecule is Cc1ccc(S(=O)(=O)Nc2cc(C(=O)NC(C)C)ccc2C)cc1. The molecule has 0 spiro atoms. The highest BCUT2D eigenvalue weighted by Crippen LogP contribution is 2.21. The maximum Gasteiger partial charge on any atom is 0.261 e. The maximum absolute atomic E-state index is 12.5. The molecule has 0 aliphatic heterocycles. The van der Waals surface area contributed by atoms with Crippen molar-refractivity contribution in [1.82, 2.24) is 5.32 Å². The van der Waals surface area contributed by atoms with E-state index in [1.807, 2.05) is 20.8 Å². The zero-order chi connectivity index (χ0) is 17.9. The molecule has 2 aromatic rings. The molecule has 5 nitrogen and oxygen atoms in total. The van der Waals surface area contributed by atoms with Gasteiger partial charge in [0.15, 0.2) is 0 Å². The van der Waals surface area contributed by atoms with Crippen LogP contribution in [-0.4, -0.2) is 20.4 Å². The lowest BCUT2D eigenvalue weighted by Gasteiger charge is -2.13. The Bertz CT molecular complexity index is 841. The molecule has 2 aromatic carbocycles. The summed E-state index contributed by atoms with van der Waals surface area (Å²) >= 11 is 0. The van der Waals surface area contributed by atoms with Gasteiger partial charge in [0.1, 0.15) is 0 Å². The number of amides is 1. The number of rotatable bonds is 5. The zero-order valence-electron chi connectivity index (χ0n) is 14.3. The first-order chi connectivity index (χ1) is 11.2. The molecule has 2 N–H and O–H groups in total. The Kier molecular flexibility index (Phi) is 5.29. The molecule has 0 bridgehead atoms. The molecule has 1 amide bonds. The van der Waals surface area contributed by atoms with Gasteiger partial charge >= 0.3 is 0 Å². The molecule has 0 atom stereocenters. The van der Waals surface area contributed by atoms with Crippen LogP contribution in [0.1, 0.15) is 35.3 Å². The van der Waals surface area contributed by atoms with E-state index in [1.165, 1.54) is 0 Å². The van der Waals surface area contributed by atoms with Gasteiger partial charge in [-0.1, -0.05) is 23.8 Å². The quantitative estimate of drug-likeness (QED) is 0.873. The standard InChI is InChI=1S/C18H22N2O3S/c1-12(2)19-18(21)15-8-7-14(4)17(11-15)20-24(22,23)16-9-5-13(3)6-10-16/h5-12,20H,1-4H3,(H,19,21). The number of carbonyl (C=O) groups is 1. The number of nitrogens with one attached hydrogen (secondary N) is 2. The summed E-state index contributed by atoms with van der Waals surface area (Å²) in [5.74, 6) is -0.235. The minimum atomic E-state index is -3.70. The zero-order valence-corrected chi connectivity index (χ0v) is 15.1. The van der Waals surface area contributed by atoms with Crippen molar-refractivity contribution in [3.63, 3.8) is 0 Å². The second-order valence-electron chi connectivity index (χ2n) is 6.08. The van der Waals surface area contributed by atoms with Gasteiger partial charge in [0.25, 0.3) is 15.9 Å². The summed E-state index contributed by atoms with van der Waals surface area (Å²) in [6.45, 7) is 7.42. The van der Waals surface area contributed by atoms with Crippen molar-refractivity contribution in [2.75, 3.05) is 4.72 Å². The third-order valence-electron chi connectivity index (χ3n) is 3.50. The van der Waals surface area contributed by atoms with E-state index in [4.69, 9.17) is 0 Å². The van der Waals surface area contributed by atoms with Gasteiger partial charge in [-0.05, 0) is 57.5 Å². The predicted molar refractivity (Wildman–Crippen MR) is 95.8 cm³/mol. The van der Waals surface area contributed by atoms with Crippen LogP contribution >= 0.6 is 0 Å². The minimum Gasteiger partial charge on any atom is -0.350 e. The Hall–Kier alpha value is -2.34. The van der Waals surface area contributed by atoms with E-state index >= 15 is 0 Å². The first-order valence-electron chi connectivity index (χ1n) is 7.70. The molecule has 0 unspecified atom stereocenters. The van der Waals surface area contributed by atoms with Gasteiger partial charge in [-0.2, -0.15) is 0 Å². The van der Waals surface area contributed by atoms with Crippen LogP contribution in [0.15, 0.2) is 47.4 Å². The molecule has 0 radical (unpaired) electrons. The molecule has 0 saturated heterocycles. The Morgan fingerprint density at radius 3 is 2.21 bits per heavy atom. The Morgan fingerprint density at radius 2 is 1.62 bits per heavy atom. The van der Waals surface area contributed by atoms with Crippen molar-refractivity contribution in [2.45, 2.75) is 38.6 Å². The van der Waals surface area contributed by atoms with Gasteiger partial charge in [-0.15, -0.1) is 0 Å². The lowest BCUT2D eigenvalue weighted by atomic mass is 10.1. The number of hydrogen-bond donors (Lipinski definition) is 2. The molecule has 0 aliphatic rings. The van der Waals surface area contributed by atoms with Gasteiger partial charge < -0.3 is 5.32 Å². The van der Waals surface area contributed by atoms with Crippen LogP contribution in [0.25, 0.3) is 0 Å². The van der Waals surface area contributed by atoms with Gasteiger partial charge in [0.05, 0.1) is 10.6 Å². The molecule has 0 aromatic heterocycles. The number of benzene rings is 2. The van der Waals surface area contributed by atoms with Crippen LogP contribution in [0.5, 0.6) is 0 Å². The van der Waals surface area contributed by atoms with Crippen molar-refractivity contribution in [1.29, 1.82) is 0 Å². The summed E-state index contributed by atoms with van der Waals surface area (Å²) in [7, 11) is -3.70. The summed E-state index contributed by atoms with van der Waals surface area (Å²) in [6, 6.07) is 11.6. The highest BCUT2D eigenvalue weighted by atomic mass is 32.2. The summed E-state index contributed by atoms with van der Waals surface area (Å²) in [5, 5.41) is 2.79.